The highest BCUT2D eigenvalue weighted by atomic mass is 32.1. The smallest absolute Gasteiger partial charge is 0.270 e. The fourth-order valence-corrected chi connectivity index (χ4v) is 5.69. The van der Waals surface area contributed by atoms with E-state index in [2.05, 4.69) is 16.8 Å². The van der Waals surface area contributed by atoms with E-state index < -0.39 is 6.10 Å². The molecule has 1 amide bonds. The Hall–Kier alpha value is -2.59. The quantitative estimate of drug-likeness (QED) is 0.510. The topological polar surface area (TPSA) is 66.0 Å². The van der Waals surface area contributed by atoms with Crippen molar-refractivity contribution < 1.29 is 14.3 Å². The number of fused-ring (bicyclic) bond motifs is 1. The average molecular weight is 483 g/mol. The number of hydrogen-bond acceptors (Lipinski definition) is 8. The predicted molar refractivity (Wildman–Crippen MR) is 131 cm³/mol. The van der Waals surface area contributed by atoms with E-state index in [1.165, 1.54) is 22.7 Å². The molecule has 0 N–H and O–H groups in total. The van der Waals surface area contributed by atoms with Gasteiger partial charge in [0.05, 0.1) is 10.4 Å². The van der Waals surface area contributed by atoms with E-state index >= 15 is 0 Å². The Morgan fingerprint density at radius 1 is 1.15 bits per heavy atom. The fourth-order valence-electron chi connectivity index (χ4n) is 4.15. The molecule has 0 aliphatic carbocycles. The first-order chi connectivity index (χ1) is 16.1. The second kappa shape index (κ2) is 9.72. The molecular weight excluding hydrogens is 456 g/mol. The summed E-state index contributed by atoms with van der Waals surface area (Å²) < 4.78 is 5.88. The predicted octanol–water partition coefficient (Wildman–Crippen LogP) is 3.81. The van der Waals surface area contributed by atoms with E-state index in [1.54, 1.807) is 17.0 Å². The summed E-state index contributed by atoms with van der Waals surface area (Å²) >= 11 is 2.81. The first-order valence-corrected chi connectivity index (χ1v) is 12.9. The monoisotopic (exact) mass is 482 g/mol. The summed E-state index contributed by atoms with van der Waals surface area (Å²) in [5.74, 6) is 0.445. The lowest BCUT2D eigenvalue weighted by Crippen LogP contribution is -2.45. The number of benzene rings is 1. The van der Waals surface area contributed by atoms with Gasteiger partial charge in [-0.15, -0.1) is 22.7 Å². The Bertz CT molecular complexity index is 1120. The summed E-state index contributed by atoms with van der Waals surface area (Å²) in [5, 5.41) is 4.35. The van der Waals surface area contributed by atoms with Crippen molar-refractivity contribution in [2.75, 3.05) is 51.2 Å². The molecule has 0 spiro atoms. The number of aromatic nitrogens is 1. The zero-order chi connectivity index (χ0) is 22.8. The summed E-state index contributed by atoms with van der Waals surface area (Å²) in [4.78, 5) is 38.0. The fraction of sp³-hybridized carbons (Fsp3) is 0.375. The number of nitrogens with zero attached hydrogens (tertiary/aromatic N) is 4. The number of ketones is 1. The van der Waals surface area contributed by atoms with Crippen LogP contribution in [-0.2, 0) is 0 Å². The van der Waals surface area contributed by atoms with E-state index in [9.17, 15) is 9.59 Å². The molecule has 7 nitrogen and oxygen atoms in total. The van der Waals surface area contributed by atoms with Crippen LogP contribution in [0.25, 0.3) is 0 Å². The lowest BCUT2D eigenvalue weighted by molar-refractivity contribution is 0.0854. The number of thiazole rings is 1. The number of Topliss-reactive ketones (excluding diaryl/α,β-unsaturated/α-hetero) is 1. The second-order valence-electron chi connectivity index (χ2n) is 8.35. The zero-order valence-corrected chi connectivity index (χ0v) is 20.1. The van der Waals surface area contributed by atoms with Gasteiger partial charge >= 0.3 is 0 Å². The van der Waals surface area contributed by atoms with Crippen molar-refractivity contribution in [1.82, 2.24) is 14.8 Å². The maximum Gasteiger partial charge on any atom is 0.270 e. The Labute approximate surface area is 201 Å². The average Bonchev–Trinajstić information content (AvgIpc) is 3.59. The van der Waals surface area contributed by atoms with Crippen LogP contribution in [0.5, 0.6) is 5.75 Å². The van der Waals surface area contributed by atoms with Crippen LogP contribution in [0.15, 0.2) is 47.2 Å². The van der Waals surface area contributed by atoms with E-state index in [4.69, 9.17) is 9.72 Å². The Morgan fingerprint density at radius 2 is 1.97 bits per heavy atom. The van der Waals surface area contributed by atoms with Crippen LogP contribution < -0.4 is 9.64 Å². The SMILES string of the molecule is CN1CCN(CCCN(C(=O)c2cccs2)c2nc(C3Oc4ccccc4C3=O)cs2)CC1. The van der Waals surface area contributed by atoms with Gasteiger partial charge in [0.25, 0.3) is 5.91 Å². The minimum atomic E-state index is -0.753. The Kier molecular flexibility index (Phi) is 6.55. The van der Waals surface area contributed by atoms with E-state index in [0.29, 0.717) is 33.6 Å². The first-order valence-electron chi connectivity index (χ1n) is 11.1. The number of anilines is 1. The van der Waals surface area contributed by atoms with Crippen LogP contribution in [-0.4, -0.2) is 72.8 Å². The third-order valence-electron chi connectivity index (χ3n) is 6.07. The van der Waals surface area contributed by atoms with Gasteiger partial charge in [-0.2, -0.15) is 0 Å². The lowest BCUT2D eigenvalue weighted by Gasteiger charge is -2.32. The van der Waals surface area contributed by atoms with Crippen LogP contribution in [0.4, 0.5) is 5.13 Å². The minimum absolute atomic E-state index is 0.0498. The third-order valence-corrected chi connectivity index (χ3v) is 7.81. The molecule has 0 radical (unpaired) electrons. The molecule has 1 unspecified atom stereocenters. The second-order valence-corrected chi connectivity index (χ2v) is 10.1. The molecule has 0 saturated carbocycles. The largest absolute Gasteiger partial charge is 0.475 e. The van der Waals surface area contributed by atoms with Crippen molar-refractivity contribution in [2.24, 2.45) is 0 Å². The number of rotatable bonds is 7. The number of carbonyl (C=O) groups is 2. The van der Waals surface area contributed by atoms with Gasteiger partial charge in [-0.05, 0) is 43.6 Å². The molecule has 2 aliphatic rings. The summed E-state index contributed by atoms with van der Waals surface area (Å²) in [6.45, 7) is 5.78. The van der Waals surface area contributed by atoms with Crippen LogP contribution in [0.2, 0.25) is 0 Å². The number of piperazine rings is 1. The number of likely N-dealkylation sites (N-methyl/N-ethyl adjacent to an activating group) is 1. The highest BCUT2D eigenvalue weighted by Crippen LogP contribution is 2.38. The molecule has 1 atom stereocenters. The third kappa shape index (κ3) is 4.72. The van der Waals surface area contributed by atoms with Gasteiger partial charge in [0, 0.05) is 38.1 Å². The van der Waals surface area contributed by atoms with Gasteiger partial charge in [0.1, 0.15) is 11.4 Å². The van der Waals surface area contributed by atoms with E-state index in [-0.39, 0.29) is 11.7 Å². The molecule has 1 fully saturated rings. The van der Waals surface area contributed by atoms with Crippen LogP contribution >= 0.6 is 22.7 Å². The molecule has 1 saturated heterocycles. The molecule has 2 aromatic heterocycles. The normalized spacial score (nSPS) is 18.8. The maximum absolute atomic E-state index is 13.3. The summed E-state index contributed by atoms with van der Waals surface area (Å²) in [7, 11) is 2.15. The summed E-state index contributed by atoms with van der Waals surface area (Å²) in [6, 6.07) is 11.0. The molecule has 0 bridgehead atoms. The number of ether oxygens (including phenoxy) is 1. The van der Waals surface area contributed by atoms with Gasteiger partial charge in [-0.1, -0.05) is 18.2 Å². The van der Waals surface area contributed by atoms with Gasteiger partial charge in [-0.25, -0.2) is 4.98 Å². The molecule has 2 aliphatic heterocycles. The Morgan fingerprint density at radius 3 is 2.73 bits per heavy atom. The molecule has 3 aromatic rings. The van der Waals surface area contributed by atoms with Gasteiger partial charge < -0.3 is 14.5 Å². The van der Waals surface area contributed by atoms with Crippen LogP contribution in [0, 0.1) is 0 Å². The highest BCUT2D eigenvalue weighted by Gasteiger charge is 2.35. The first kappa shape index (κ1) is 22.2. The van der Waals surface area contributed by atoms with Crippen LogP contribution in [0.3, 0.4) is 0 Å². The molecular formula is C24H26N4O3S2. The minimum Gasteiger partial charge on any atom is -0.475 e. The van der Waals surface area contributed by atoms with Crippen LogP contribution in [0.1, 0.15) is 38.2 Å². The van der Waals surface area contributed by atoms with Crippen molar-refractivity contribution in [3.63, 3.8) is 0 Å². The van der Waals surface area contributed by atoms with Gasteiger partial charge in [0.15, 0.2) is 5.13 Å². The molecule has 33 heavy (non-hydrogen) atoms. The van der Waals surface area contributed by atoms with Gasteiger partial charge in [-0.3, -0.25) is 14.5 Å². The molecule has 1 aromatic carbocycles. The van der Waals surface area contributed by atoms with Crippen molar-refractivity contribution in [3.8, 4) is 5.75 Å². The number of thiophene rings is 1. The van der Waals surface area contributed by atoms with Crippen molar-refractivity contribution in [2.45, 2.75) is 12.5 Å². The number of amides is 1. The molecule has 9 heteroatoms. The van der Waals surface area contributed by atoms with E-state index in [1.807, 2.05) is 35.0 Å². The van der Waals surface area contributed by atoms with Crippen molar-refractivity contribution in [1.29, 1.82) is 0 Å². The highest BCUT2D eigenvalue weighted by molar-refractivity contribution is 7.14. The molecule has 172 valence electrons. The number of hydrogen-bond donors (Lipinski definition) is 0. The maximum atomic E-state index is 13.3. The van der Waals surface area contributed by atoms with E-state index in [0.717, 1.165) is 39.1 Å². The lowest BCUT2D eigenvalue weighted by atomic mass is 10.1. The molecule has 5 rings (SSSR count). The summed E-state index contributed by atoms with van der Waals surface area (Å²) in [5.41, 5.74) is 1.13. The summed E-state index contributed by atoms with van der Waals surface area (Å²) in [6.07, 6.45) is 0.108. The van der Waals surface area contributed by atoms with Crippen molar-refractivity contribution >= 4 is 39.5 Å². The zero-order valence-electron chi connectivity index (χ0n) is 18.5. The Balaban J connectivity index is 1.31. The van der Waals surface area contributed by atoms with Gasteiger partial charge in [0.2, 0.25) is 11.9 Å². The van der Waals surface area contributed by atoms with Crippen molar-refractivity contribution in [3.05, 3.63) is 63.3 Å². The number of carbonyl (C=O) groups excluding carboxylic acids is 2. The molecule has 4 heterocycles. The number of para-hydroxylation sites is 1. The standard InChI is InChI=1S/C24H26N4O3S2/c1-26-11-13-27(14-12-26)9-5-10-28(23(30)20-8-4-15-32-20)24-25-18(16-33-24)22-21(29)17-6-2-3-7-19(17)31-22/h2-4,6-8,15-16,22H,5,9-14H2,1H3.